The van der Waals surface area contributed by atoms with Gasteiger partial charge in [0.15, 0.2) is 0 Å². The van der Waals surface area contributed by atoms with Crippen LogP contribution in [0, 0.1) is 0 Å². The number of nitrogens with zero attached hydrogens (tertiary/aromatic N) is 3. The number of amides is 1. The van der Waals surface area contributed by atoms with Crippen LogP contribution in [0.3, 0.4) is 0 Å². The van der Waals surface area contributed by atoms with Crippen molar-refractivity contribution in [1.29, 1.82) is 0 Å². The highest BCUT2D eigenvalue weighted by atomic mass is 19.4. The van der Waals surface area contributed by atoms with E-state index in [0.29, 0.717) is 19.8 Å². The number of alkyl halides is 3. The van der Waals surface area contributed by atoms with Crippen molar-refractivity contribution in [3.05, 3.63) is 42.9 Å². The summed E-state index contributed by atoms with van der Waals surface area (Å²) in [5.41, 5.74) is -1.43. The van der Waals surface area contributed by atoms with Gasteiger partial charge in [-0.25, -0.2) is 4.98 Å². The first-order valence-corrected chi connectivity index (χ1v) is 8.37. The number of rotatable bonds is 3. The third kappa shape index (κ3) is 3.33. The van der Waals surface area contributed by atoms with Crippen LogP contribution in [0.1, 0.15) is 25.8 Å². The number of carbonyl (C=O) groups excluding carboxylic acids is 1. The Kier molecular flexibility index (Phi) is 4.79. The van der Waals surface area contributed by atoms with E-state index in [1.54, 1.807) is 12.5 Å². The molecule has 1 atom stereocenters. The number of hydrogen-bond acceptors (Lipinski definition) is 3. The number of hydrogen-bond donors (Lipinski definition) is 1. The van der Waals surface area contributed by atoms with E-state index < -0.39 is 17.7 Å². The fourth-order valence-corrected chi connectivity index (χ4v) is 3.20. The second-order valence-electron chi connectivity index (χ2n) is 6.65. The summed E-state index contributed by atoms with van der Waals surface area (Å²) < 4.78 is 40.6. The molecular formula is C18H20F3N3O2. The van der Waals surface area contributed by atoms with E-state index in [1.807, 2.05) is 34.9 Å². The molecule has 3 rings (SSSR count). The lowest BCUT2D eigenvalue weighted by molar-refractivity contribution is -0.250. The monoisotopic (exact) mass is 367 g/mol. The van der Waals surface area contributed by atoms with Crippen molar-refractivity contribution in [1.82, 2.24) is 14.5 Å². The average Bonchev–Trinajstić information content (AvgIpc) is 3.10. The van der Waals surface area contributed by atoms with Crippen molar-refractivity contribution >= 4 is 5.91 Å². The number of piperidine rings is 1. The van der Waals surface area contributed by atoms with Gasteiger partial charge < -0.3 is 14.6 Å². The van der Waals surface area contributed by atoms with Crippen LogP contribution in [0.2, 0.25) is 0 Å². The fourth-order valence-electron chi connectivity index (χ4n) is 3.20. The van der Waals surface area contributed by atoms with Gasteiger partial charge in [-0.1, -0.05) is 30.3 Å². The van der Waals surface area contributed by atoms with Crippen LogP contribution in [-0.2, 0) is 4.79 Å². The largest absolute Gasteiger partial charge is 0.426 e. The summed E-state index contributed by atoms with van der Waals surface area (Å²) in [6.07, 6.45) is -0.546. The number of likely N-dealkylation sites (tertiary alicyclic amines) is 1. The Morgan fingerprint density at radius 2 is 1.81 bits per heavy atom. The minimum absolute atomic E-state index is 0.0348. The van der Waals surface area contributed by atoms with Gasteiger partial charge in [-0.15, -0.1) is 0 Å². The molecule has 0 saturated carbocycles. The van der Waals surface area contributed by atoms with Crippen molar-refractivity contribution in [2.75, 3.05) is 13.1 Å². The Hall–Kier alpha value is -2.35. The second-order valence-corrected chi connectivity index (χ2v) is 6.65. The van der Waals surface area contributed by atoms with Gasteiger partial charge in [0.25, 0.3) is 5.91 Å². The van der Waals surface area contributed by atoms with Crippen molar-refractivity contribution in [3.63, 3.8) is 0 Å². The van der Waals surface area contributed by atoms with Gasteiger partial charge in [0, 0.05) is 19.1 Å². The lowest BCUT2D eigenvalue weighted by atomic mass is 9.99. The van der Waals surface area contributed by atoms with Crippen LogP contribution in [0.4, 0.5) is 13.2 Å². The van der Waals surface area contributed by atoms with Gasteiger partial charge in [-0.2, -0.15) is 13.2 Å². The molecule has 1 aromatic carbocycles. The molecular weight excluding hydrogens is 347 g/mol. The molecule has 1 fully saturated rings. The maximum Gasteiger partial charge on any atom is 0.426 e. The highest BCUT2D eigenvalue weighted by molar-refractivity contribution is 5.85. The Morgan fingerprint density at radius 3 is 2.38 bits per heavy atom. The molecule has 0 aliphatic carbocycles. The van der Waals surface area contributed by atoms with Gasteiger partial charge >= 0.3 is 6.18 Å². The van der Waals surface area contributed by atoms with Crippen LogP contribution in [0.5, 0.6) is 0 Å². The summed E-state index contributed by atoms with van der Waals surface area (Å²) in [6.45, 7) is 0.815. The third-order valence-electron chi connectivity index (χ3n) is 4.85. The fraction of sp³-hybridized carbons (Fsp3) is 0.444. The van der Waals surface area contributed by atoms with Crippen molar-refractivity contribution in [3.8, 4) is 11.3 Å². The number of benzene rings is 1. The van der Waals surface area contributed by atoms with Crippen molar-refractivity contribution in [2.24, 2.45) is 0 Å². The minimum atomic E-state index is -4.99. The maximum atomic E-state index is 12.9. The Morgan fingerprint density at radius 1 is 1.19 bits per heavy atom. The number of aromatic nitrogens is 2. The minimum Gasteiger partial charge on any atom is -0.373 e. The molecule has 2 heterocycles. The van der Waals surface area contributed by atoms with E-state index in [1.165, 1.54) is 0 Å². The lowest BCUT2D eigenvalue weighted by Gasteiger charge is -2.37. The smallest absolute Gasteiger partial charge is 0.373 e. The summed E-state index contributed by atoms with van der Waals surface area (Å²) >= 11 is 0. The first-order valence-electron chi connectivity index (χ1n) is 8.37. The molecule has 2 aromatic rings. The zero-order valence-corrected chi connectivity index (χ0v) is 14.3. The number of imidazole rings is 1. The molecule has 1 amide bonds. The summed E-state index contributed by atoms with van der Waals surface area (Å²) in [6, 6.07) is 9.73. The van der Waals surface area contributed by atoms with Gasteiger partial charge in [0.2, 0.25) is 5.60 Å². The molecule has 0 spiro atoms. The molecule has 26 heavy (non-hydrogen) atoms. The van der Waals surface area contributed by atoms with Gasteiger partial charge in [0.1, 0.15) is 0 Å². The quantitative estimate of drug-likeness (QED) is 0.907. The van der Waals surface area contributed by atoms with Crippen LogP contribution in [-0.4, -0.2) is 50.3 Å². The van der Waals surface area contributed by atoms with E-state index >= 15 is 0 Å². The first-order chi connectivity index (χ1) is 12.2. The number of halogens is 3. The number of aliphatic hydroxyl groups is 1. The molecule has 0 radical (unpaired) electrons. The molecule has 1 aliphatic rings. The Balaban J connectivity index is 1.71. The van der Waals surface area contributed by atoms with E-state index in [4.69, 9.17) is 0 Å². The van der Waals surface area contributed by atoms with E-state index in [2.05, 4.69) is 4.98 Å². The second kappa shape index (κ2) is 6.75. The van der Waals surface area contributed by atoms with Crippen LogP contribution in [0.25, 0.3) is 11.3 Å². The molecule has 1 aliphatic heterocycles. The van der Waals surface area contributed by atoms with Gasteiger partial charge in [-0.05, 0) is 25.3 Å². The van der Waals surface area contributed by atoms with E-state index in [0.717, 1.165) is 16.2 Å². The molecule has 1 aromatic heterocycles. The summed E-state index contributed by atoms with van der Waals surface area (Å²) in [5.74, 6) is -1.29. The zero-order chi connectivity index (χ0) is 18.9. The van der Waals surface area contributed by atoms with Crippen LogP contribution in [0.15, 0.2) is 42.9 Å². The van der Waals surface area contributed by atoms with E-state index in [9.17, 15) is 23.1 Å². The molecule has 1 saturated heterocycles. The van der Waals surface area contributed by atoms with Crippen molar-refractivity contribution < 1.29 is 23.1 Å². The Labute approximate surface area is 149 Å². The lowest BCUT2D eigenvalue weighted by Crippen LogP contribution is -2.57. The highest BCUT2D eigenvalue weighted by Crippen LogP contribution is 2.34. The van der Waals surface area contributed by atoms with Gasteiger partial charge in [-0.3, -0.25) is 4.79 Å². The van der Waals surface area contributed by atoms with Crippen molar-refractivity contribution in [2.45, 2.75) is 37.6 Å². The molecule has 5 nitrogen and oxygen atoms in total. The maximum absolute atomic E-state index is 12.9. The summed E-state index contributed by atoms with van der Waals surface area (Å²) in [5, 5.41) is 9.58. The molecule has 8 heteroatoms. The number of carbonyl (C=O) groups is 1. The zero-order valence-electron chi connectivity index (χ0n) is 14.3. The topological polar surface area (TPSA) is 58.4 Å². The molecule has 140 valence electrons. The van der Waals surface area contributed by atoms with Crippen LogP contribution >= 0.6 is 0 Å². The predicted octanol–water partition coefficient (Wildman–Crippen LogP) is 3.03. The van der Waals surface area contributed by atoms with Gasteiger partial charge in [0.05, 0.1) is 18.2 Å². The summed E-state index contributed by atoms with van der Waals surface area (Å²) in [4.78, 5) is 17.4. The standard InChI is InChI=1S/C18H20F3N3O2/c1-17(26,18(19,20)21)16(25)23-9-7-14(8-10-23)24-12-22-11-15(24)13-5-3-2-4-6-13/h2-6,11-12,14,26H,7-10H2,1H3. The van der Waals surface area contributed by atoms with E-state index in [-0.39, 0.29) is 19.1 Å². The average molecular weight is 367 g/mol. The highest BCUT2D eigenvalue weighted by Gasteiger charge is 2.57. The SMILES string of the molecule is CC(O)(C(=O)N1CCC(n2cncc2-c2ccccc2)CC1)C(F)(F)F. The molecule has 1 N–H and O–H groups in total. The summed E-state index contributed by atoms with van der Waals surface area (Å²) in [7, 11) is 0. The third-order valence-corrected chi connectivity index (χ3v) is 4.85. The predicted molar refractivity (Wildman–Crippen MR) is 89.2 cm³/mol. The normalized spacial score (nSPS) is 18.6. The first kappa shape index (κ1) is 18.4. The molecule has 1 unspecified atom stereocenters. The Bertz CT molecular complexity index is 763. The van der Waals surface area contributed by atoms with Crippen LogP contribution < -0.4 is 0 Å². The molecule has 0 bridgehead atoms.